The van der Waals surface area contributed by atoms with E-state index < -0.39 is 11.6 Å². The van der Waals surface area contributed by atoms with E-state index in [0.29, 0.717) is 13.0 Å². The van der Waals surface area contributed by atoms with Crippen LogP contribution in [0.2, 0.25) is 0 Å². The molecule has 1 heterocycles. The number of hydrogen-bond acceptors (Lipinski definition) is 4. The molecule has 0 bridgehead atoms. The van der Waals surface area contributed by atoms with Gasteiger partial charge in [-0.3, -0.25) is 0 Å². The zero-order valence-electron chi connectivity index (χ0n) is 12.4. The van der Waals surface area contributed by atoms with Crippen molar-refractivity contribution in [2.45, 2.75) is 39.2 Å². The van der Waals surface area contributed by atoms with Gasteiger partial charge in [-0.2, -0.15) is 4.98 Å². The minimum Gasteiger partial charge on any atom is -0.475 e. The molecule has 0 aliphatic rings. The fourth-order valence-electron chi connectivity index (χ4n) is 1.41. The van der Waals surface area contributed by atoms with Crippen LogP contribution < -0.4 is 10.1 Å². The summed E-state index contributed by atoms with van der Waals surface area (Å²) in [5.74, 6) is -1.72. The number of halogens is 2. The van der Waals surface area contributed by atoms with Gasteiger partial charge in [-0.1, -0.05) is 6.92 Å². The Labute approximate surface area is 118 Å². The minimum atomic E-state index is -0.806. The molecule has 6 heteroatoms. The summed E-state index contributed by atoms with van der Waals surface area (Å²) in [5, 5.41) is 2.79. The van der Waals surface area contributed by atoms with Gasteiger partial charge in [-0.05, 0) is 20.3 Å². The molecule has 20 heavy (non-hydrogen) atoms. The second kappa shape index (κ2) is 7.38. The third-order valence-corrected chi connectivity index (χ3v) is 2.94. The molecule has 0 spiro atoms. The molecular weight excluding hydrogens is 266 g/mol. The van der Waals surface area contributed by atoms with Crippen LogP contribution in [-0.4, -0.2) is 30.8 Å². The molecule has 1 aromatic rings. The highest BCUT2D eigenvalue weighted by atomic mass is 19.1. The average molecular weight is 288 g/mol. The van der Waals surface area contributed by atoms with E-state index in [2.05, 4.69) is 10.3 Å². The standard InChI is InChI=1S/C14H22F2N2O2/c1-5-7-17-12-10(15)9-11(16)13(18-12)20-8-6-14(2,3)19-4/h9H,5-8H2,1-4H3,(H,17,18). The van der Waals surface area contributed by atoms with Gasteiger partial charge in [0.15, 0.2) is 17.5 Å². The third kappa shape index (κ3) is 4.92. The summed E-state index contributed by atoms with van der Waals surface area (Å²) in [5.41, 5.74) is -0.361. The van der Waals surface area contributed by atoms with Crippen molar-refractivity contribution in [3.8, 4) is 5.88 Å². The Morgan fingerprint density at radius 3 is 2.60 bits per heavy atom. The smallest absolute Gasteiger partial charge is 0.252 e. The van der Waals surface area contributed by atoms with E-state index >= 15 is 0 Å². The lowest BCUT2D eigenvalue weighted by molar-refractivity contribution is 0.00472. The largest absolute Gasteiger partial charge is 0.475 e. The number of nitrogens with one attached hydrogen (secondary N) is 1. The molecule has 0 saturated heterocycles. The number of nitrogens with zero attached hydrogens (tertiary/aromatic N) is 1. The van der Waals surface area contributed by atoms with Gasteiger partial charge in [-0.25, -0.2) is 8.78 Å². The second-order valence-corrected chi connectivity index (χ2v) is 5.09. The Morgan fingerprint density at radius 2 is 2.00 bits per heavy atom. The topological polar surface area (TPSA) is 43.4 Å². The minimum absolute atomic E-state index is 0.00857. The highest BCUT2D eigenvalue weighted by Gasteiger charge is 2.18. The van der Waals surface area contributed by atoms with E-state index in [1.54, 1.807) is 7.11 Å². The third-order valence-electron chi connectivity index (χ3n) is 2.94. The second-order valence-electron chi connectivity index (χ2n) is 5.09. The van der Waals surface area contributed by atoms with Gasteiger partial charge in [0.25, 0.3) is 5.88 Å². The summed E-state index contributed by atoms with van der Waals surface area (Å²) in [6.45, 7) is 6.55. The first-order valence-corrected chi connectivity index (χ1v) is 6.67. The maximum atomic E-state index is 13.6. The van der Waals surface area contributed by atoms with Crippen molar-refractivity contribution in [1.82, 2.24) is 4.98 Å². The highest BCUT2D eigenvalue weighted by Crippen LogP contribution is 2.22. The number of ether oxygens (including phenoxy) is 2. The van der Waals surface area contributed by atoms with Gasteiger partial charge in [-0.15, -0.1) is 0 Å². The van der Waals surface area contributed by atoms with Gasteiger partial charge in [0.05, 0.1) is 12.2 Å². The quantitative estimate of drug-likeness (QED) is 0.796. The van der Waals surface area contributed by atoms with Crippen LogP contribution in [0.1, 0.15) is 33.6 Å². The number of aromatic nitrogens is 1. The molecule has 1 aromatic heterocycles. The fourth-order valence-corrected chi connectivity index (χ4v) is 1.41. The summed E-state index contributed by atoms with van der Waals surface area (Å²) < 4.78 is 37.6. The Bertz CT molecular complexity index is 439. The normalized spacial score (nSPS) is 11.5. The number of pyridine rings is 1. The van der Waals surface area contributed by atoms with Crippen LogP contribution in [-0.2, 0) is 4.74 Å². The summed E-state index contributed by atoms with van der Waals surface area (Å²) in [7, 11) is 1.60. The molecule has 0 radical (unpaired) electrons. The zero-order chi connectivity index (χ0) is 15.2. The summed E-state index contributed by atoms with van der Waals surface area (Å²) in [4.78, 5) is 3.83. The van der Waals surface area contributed by atoms with E-state index in [1.165, 1.54) is 0 Å². The van der Waals surface area contributed by atoms with Crippen molar-refractivity contribution < 1.29 is 18.3 Å². The molecule has 0 aliphatic carbocycles. The van der Waals surface area contributed by atoms with Crippen molar-refractivity contribution >= 4 is 5.82 Å². The molecule has 4 nitrogen and oxygen atoms in total. The maximum Gasteiger partial charge on any atom is 0.252 e. The van der Waals surface area contributed by atoms with E-state index in [4.69, 9.17) is 9.47 Å². The van der Waals surface area contributed by atoms with Crippen LogP contribution in [0.15, 0.2) is 6.07 Å². The Hall–Kier alpha value is -1.43. The molecule has 0 amide bonds. The van der Waals surface area contributed by atoms with Crippen LogP contribution in [0.4, 0.5) is 14.6 Å². The molecule has 0 fully saturated rings. The lowest BCUT2D eigenvalue weighted by Gasteiger charge is -2.22. The zero-order valence-corrected chi connectivity index (χ0v) is 12.4. The summed E-state index contributed by atoms with van der Waals surface area (Å²) >= 11 is 0. The molecular formula is C14H22F2N2O2. The van der Waals surface area contributed by atoms with Crippen LogP contribution >= 0.6 is 0 Å². The van der Waals surface area contributed by atoms with E-state index in [1.807, 2.05) is 20.8 Å². The first-order chi connectivity index (χ1) is 9.39. The average Bonchev–Trinajstić information content (AvgIpc) is 2.40. The van der Waals surface area contributed by atoms with Crippen LogP contribution in [0.25, 0.3) is 0 Å². The van der Waals surface area contributed by atoms with Gasteiger partial charge >= 0.3 is 0 Å². The van der Waals surface area contributed by atoms with Crippen molar-refractivity contribution in [3.05, 3.63) is 17.7 Å². The SMILES string of the molecule is CCCNc1nc(OCCC(C)(C)OC)c(F)cc1F. The predicted molar refractivity (Wildman–Crippen MR) is 74.1 cm³/mol. The Balaban J connectivity index is 2.69. The predicted octanol–water partition coefficient (Wildman–Crippen LogP) is 3.38. The highest BCUT2D eigenvalue weighted by molar-refractivity contribution is 5.39. The Morgan fingerprint density at radius 1 is 1.30 bits per heavy atom. The summed E-state index contributed by atoms with van der Waals surface area (Å²) in [6.07, 6.45) is 1.39. The van der Waals surface area contributed by atoms with Gasteiger partial charge in [0, 0.05) is 26.1 Å². The van der Waals surface area contributed by atoms with Crippen molar-refractivity contribution in [3.63, 3.8) is 0 Å². The lowest BCUT2D eigenvalue weighted by Crippen LogP contribution is -2.25. The van der Waals surface area contributed by atoms with Crippen LogP contribution in [0, 0.1) is 11.6 Å². The van der Waals surface area contributed by atoms with E-state index in [-0.39, 0.29) is 23.9 Å². The first kappa shape index (κ1) is 16.6. The van der Waals surface area contributed by atoms with Gasteiger partial charge in [0.1, 0.15) is 0 Å². The summed E-state index contributed by atoms with van der Waals surface area (Å²) in [6, 6.07) is 0.780. The molecule has 0 aliphatic heterocycles. The van der Waals surface area contributed by atoms with Crippen LogP contribution in [0.5, 0.6) is 5.88 Å². The molecule has 0 saturated carbocycles. The van der Waals surface area contributed by atoms with Crippen molar-refractivity contribution in [1.29, 1.82) is 0 Å². The van der Waals surface area contributed by atoms with Crippen molar-refractivity contribution in [2.75, 3.05) is 25.6 Å². The Kier molecular flexibility index (Phi) is 6.13. The fraction of sp³-hybridized carbons (Fsp3) is 0.643. The van der Waals surface area contributed by atoms with Gasteiger partial charge < -0.3 is 14.8 Å². The molecule has 0 aromatic carbocycles. The van der Waals surface area contributed by atoms with Crippen molar-refractivity contribution in [2.24, 2.45) is 0 Å². The first-order valence-electron chi connectivity index (χ1n) is 6.67. The molecule has 1 N–H and O–H groups in total. The lowest BCUT2D eigenvalue weighted by atomic mass is 10.1. The molecule has 1 rings (SSSR count). The van der Waals surface area contributed by atoms with Gasteiger partial charge in [0.2, 0.25) is 0 Å². The molecule has 0 atom stereocenters. The maximum absolute atomic E-state index is 13.6. The number of anilines is 1. The number of methoxy groups -OCH3 is 1. The number of rotatable bonds is 8. The number of hydrogen-bond donors (Lipinski definition) is 1. The molecule has 0 unspecified atom stereocenters. The monoisotopic (exact) mass is 288 g/mol. The van der Waals surface area contributed by atoms with Crippen LogP contribution in [0.3, 0.4) is 0 Å². The van der Waals surface area contributed by atoms with E-state index in [9.17, 15) is 8.78 Å². The van der Waals surface area contributed by atoms with E-state index in [0.717, 1.165) is 12.5 Å². The molecule has 114 valence electrons.